The number of aromatic nitrogens is 1. The normalized spacial score (nSPS) is 14.6. The van der Waals surface area contributed by atoms with Gasteiger partial charge in [0.2, 0.25) is 0 Å². The van der Waals surface area contributed by atoms with Crippen molar-refractivity contribution in [2.24, 2.45) is 5.41 Å². The molecule has 170 valence electrons. The molecule has 4 rings (SSSR count). The molecule has 0 radical (unpaired) electrons. The summed E-state index contributed by atoms with van der Waals surface area (Å²) in [5.41, 5.74) is 3.01. The fourth-order valence-electron chi connectivity index (χ4n) is 4.29. The van der Waals surface area contributed by atoms with E-state index >= 15 is 0 Å². The Hall–Kier alpha value is -3.12. The molecular formula is C27H28N2O3S. The van der Waals surface area contributed by atoms with Crippen LogP contribution in [0.3, 0.4) is 0 Å². The molecule has 3 aromatic rings. The van der Waals surface area contributed by atoms with Gasteiger partial charge in [0.05, 0.1) is 0 Å². The largest absolute Gasteiger partial charge is 0.348 e. The second-order valence-electron chi connectivity index (χ2n) is 9.38. The van der Waals surface area contributed by atoms with Crippen molar-refractivity contribution < 1.29 is 9.59 Å². The predicted octanol–water partition coefficient (Wildman–Crippen LogP) is 4.95. The van der Waals surface area contributed by atoms with Gasteiger partial charge in [0.15, 0.2) is 5.78 Å². The minimum atomic E-state index is -0.447. The van der Waals surface area contributed by atoms with Crippen molar-refractivity contribution in [1.29, 1.82) is 0 Å². The summed E-state index contributed by atoms with van der Waals surface area (Å²) >= 11 is 1.65. The molecule has 0 aliphatic heterocycles. The molecule has 2 aromatic carbocycles. The highest BCUT2D eigenvalue weighted by Gasteiger charge is 2.35. The number of Topliss-reactive ketones (excluding diaryl/α,β-unsaturated/α-hetero) is 1. The number of nitrogens with one attached hydrogen (secondary N) is 1. The van der Waals surface area contributed by atoms with E-state index in [1.807, 2.05) is 75.6 Å². The van der Waals surface area contributed by atoms with Crippen LogP contribution in [0, 0.1) is 12.3 Å². The molecule has 1 aliphatic rings. The van der Waals surface area contributed by atoms with E-state index in [1.165, 1.54) is 4.57 Å². The zero-order valence-corrected chi connectivity index (χ0v) is 20.2. The number of carbonyl (C=O) groups excluding carboxylic acids is 2. The predicted molar refractivity (Wildman–Crippen MR) is 133 cm³/mol. The van der Waals surface area contributed by atoms with Gasteiger partial charge in [-0.3, -0.25) is 19.0 Å². The molecule has 0 saturated heterocycles. The zero-order valence-electron chi connectivity index (χ0n) is 19.4. The van der Waals surface area contributed by atoms with E-state index in [1.54, 1.807) is 18.0 Å². The van der Waals surface area contributed by atoms with E-state index in [-0.39, 0.29) is 16.8 Å². The molecule has 1 amide bonds. The van der Waals surface area contributed by atoms with Crippen LogP contribution in [-0.4, -0.2) is 22.5 Å². The van der Waals surface area contributed by atoms with Gasteiger partial charge in [-0.2, -0.15) is 0 Å². The van der Waals surface area contributed by atoms with Crippen molar-refractivity contribution in [2.75, 3.05) is 6.26 Å². The average Bonchev–Trinajstić information content (AvgIpc) is 2.77. The first-order valence-electron chi connectivity index (χ1n) is 11.0. The van der Waals surface area contributed by atoms with Crippen molar-refractivity contribution in [1.82, 2.24) is 9.88 Å². The number of nitrogens with zero attached hydrogens (tertiary/aromatic N) is 1. The molecule has 0 unspecified atom stereocenters. The number of ketones is 1. The van der Waals surface area contributed by atoms with Crippen molar-refractivity contribution in [3.63, 3.8) is 0 Å². The van der Waals surface area contributed by atoms with Gasteiger partial charge >= 0.3 is 0 Å². The highest BCUT2D eigenvalue weighted by Crippen LogP contribution is 2.35. The number of hydrogen-bond acceptors (Lipinski definition) is 4. The Labute approximate surface area is 198 Å². The van der Waals surface area contributed by atoms with Crippen LogP contribution >= 0.6 is 11.8 Å². The van der Waals surface area contributed by atoms with E-state index in [0.29, 0.717) is 36.2 Å². The first-order valence-corrected chi connectivity index (χ1v) is 12.2. The van der Waals surface area contributed by atoms with Gasteiger partial charge < -0.3 is 5.32 Å². The van der Waals surface area contributed by atoms with Gasteiger partial charge in [-0.1, -0.05) is 43.7 Å². The average molecular weight is 461 g/mol. The molecular weight excluding hydrogens is 432 g/mol. The number of amides is 1. The Kier molecular flexibility index (Phi) is 6.30. The molecule has 1 aliphatic carbocycles. The Bertz CT molecular complexity index is 1270. The maximum absolute atomic E-state index is 13.6. The summed E-state index contributed by atoms with van der Waals surface area (Å²) in [4.78, 5) is 41.1. The molecule has 0 saturated carbocycles. The van der Waals surface area contributed by atoms with Crippen LogP contribution in [0.5, 0.6) is 0 Å². The molecule has 1 heterocycles. The second-order valence-corrected chi connectivity index (χ2v) is 10.3. The van der Waals surface area contributed by atoms with E-state index < -0.39 is 11.5 Å². The lowest BCUT2D eigenvalue weighted by Crippen LogP contribution is -2.38. The molecule has 0 atom stereocenters. The lowest BCUT2D eigenvalue weighted by Gasteiger charge is -2.31. The molecule has 6 heteroatoms. The van der Waals surface area contributed by atoms with Crippen LogP contribution in [0.2, 0.25) is 0 Å². The van der Waals surface area contributed by atoms with Crippen LogP contribution in [-0.2, 0) is 13.0 Å². The summed E-state index contributed by atoms with van der Waals surface area (Å²) in [6.07, 6.45) is 4.51. The van der Waals surface area contributed by atoms with Crippen LogP contribution in [0.1, 0.15) is 57.7 Å². The van der Waals surface area contributed by atoms with Crippen molar-refractivity contribution in [3.8, 4) is 5.69 Å². The zero-order chi connectivity index (χ0) is 23.8. The van der Waals surface area contributed by atoms with Crippen LogP contribution in [0.15, 0.2) is 64.4 Å². The maximum Gasteiger partial charge on any atom is 0.268 e. The molecule has 0 fully saturated rings. The van der Waals surface area contributed by atoms with Gasteiger partial charge in [0.1, 0.15) is 5.56 Å². The number of fused-ring (bicyclic) bond motifs is 1. The van der Waals surface area contributed by atoms with Gasteiger partial charge in [-0.05, 0) is 60.4 Å². The third kappa shape index (κ3) is 4.81. The standard InChI is InChI=1S/C27H28N2O3S/c1-17-5-9-19(10-6-17)29-16-22-21(13-27(2,3)14-23(22)30)24(26(29)32)25(31)28-15-18-7-11-20(33-4)12-8-18/h5-12,16H,13-15H2,1-4H3,(H,28,31). The lowest BCUT2D eigenvalue weighted by molar-refractivity contribution is 0.0909. The summed E-state index contributed by atoms with van der Waals surface area (Å²) in [5, 5.41) is 2.90. The fraction of sp³-hybridized carbons (Fsp3) is 0.296. The Balaban J connectivity index is 1.77. The van der Waals surface area contributed by atoms with E-state index in [0.717, 1.165) is 16.0 Å². The van der Waals surface area contributed by atoms with Gasteiger partial charge in [0.25, 0.3) is 11.5 Å². The third-order valence-corrected chi connectivity index (χ3v) is 6.81. The van der Waals surface area contributed by atoms with Gasteiger partial charge in [-0.25, -0.2) is 0 Å². The van der Waals surface area contributed by atoms with Crippen LogP contribution in [0.4, 0.5) is 0 Å². The SMILES string of the molecule is CSc1ccc(CNC(=O)c2c3c(cn(-c4ccc(C)cc4)c2=O)C(=O)CC(C)(C)C3)cc1. The fourth-order valence-corrected chi connectivity index (χ4v) is 4.70. The van der Waals surface area contributed by atoms with E-state index in [9.17, 15) is 14.4 Å². The van der Waals surface area contributed by atoms with Crippen molar-refractivity contribution in [3.05, 3.63) is 92.9 Å². The topological polar surface area (TPSA) is 68.2 Å². The third-order valence-electron chi connectivity index (χ3n) is 6.06. The summed E-state index contributed by atoms with van der Waals surface area (Å²) in [6.45, 7) is 6.26. The van der Waals surface area contributed by atoms with Crippen molar-refractivity contribution >= 4 is 23.5 Å². The summed E-state index contributed by atoms with van der Waals surface area (Å²) in [5.74, 6) is -0.485. The summed E-state index contributed by atoms with van der Waals surface area (Å²) < 4.78 is 1.43. The number of rotatable bonds is 5. The summed E-state index contributed by atoms with van der Waals surface area (Å²) in [7, 11) is 0. The maximum atomic E-state index is 13.6. The number of aryl methyl sites for hydroxylation is 1. The van der Waals surface area contributed by atoms with Crippen molar-refractivity contribution in [2.45, 2.75) is 45.1 Å². The smallest absolute Gasteiger partial charge is 0.268 e. The van der Waals surface area contributed by atoms with E-state index in [4.69, 9.17) is 0 Å². The number of hydrogen-bond donors (Lipinski definition) is 1. The Morgan fingerprint density at radius 3 is 2.33 bits per heavy atom. The molecule has 5 nitrogen and oxygen atoms in total. The molecule has 1 N–H and O–H groups in total. The summed E-state index contributed by atoms with van der Waals surface area (Å²) in [6, 6.07) is 15.4. The van der Waals surface area contributed by atoms with Gasteiger partial charge in [-0.15, -0.1) is 11.8 Å². The first-order chi connectivity index (χ1) is 15.7. The monoisotopic (exact) mass is 460 g/mol. The number of pyridine rings is 1. The molecule has 33 heavy (non-hydrogen) atoms. The lowest BCUT2D eigenvalue weighted by atomic mass is 9.73. The number of carbonyl (C=O) groups is 2. The molecule has 0 bridgehead atoms. The van der Waals surface area contributed by atoms with E-state index in [2.05, 4.69) is 5.32 Å². The minimum absolute atomic E-state index is 0.0381. The Morgan fingerprint density at radius 2 is 1.70 bits per heavy atom. The van der Waals surface area contributed by atoms with Gasteiger partial charge in [0, 0.05) is 35.3 Å². The molecule has 1 aromatic heterocycles. The van der Waals surface area contributed by atoms with Crippen LogP contribution in [0.25, 0.3) is 5.69 Å². The molecule has 0 spiro atoms. The Morgan fingerprint density at radius 1 is 1.03 bits per heavy atom. The van der Waals surface area contributed by atoms with Crippen LogP contribution < -0.4 is 10.9 Å². The number of thioether (sulfide) groups is 1. The minimum Gasteiger partial charge on any atom is -0.348 e. The highest BCUT2D eigenvalue weighted by atomic mass is 32.2. The first kappa shape index (κ1) is 23.1. The second kappa shape index (κ2) is 9.02. The number of benzene rings is 2. The quantitative estimate of drug-likeness (QED) is 0.547. The highest BCUT2D eigenvalue weighted by molar-refractivity contribution is 7.98.